The second-order valence-corrected chi connectivity index (χ2v) is 4.16. The highest BCUT2D eigenvalue weighted by Crippen LogP contribution is 2.32. The van der Waals surface area contributed by atoms with Gasteiger partial charge in [-0.15, -0.1) is 0 Å². The van der Waals surface area contributed by atoms with Crippen molar-refractivity contribution in [2.75, 3.05) is 7.11 Å². The molecule has 0 aliphatic rings. The second-order valence-electron chi connectivity index (χ2n) is 4.16. The summed E-state index contributed by atoms with van der Waals surface area (Å²) in [5.41, 5.74) is 3.07. The van der Waals surface area contributed by atoms with E-state index in [1.165, 1.54) is 0 Å². The molecule has 0 N–H and O–H groups in total. The first-order valence-electron chi connectivity index (χ1n) is 5.86. The highest BCUT2D eigenvalue weighted by atomic mass is 16.5. The zero-order valence-corrected chi connectivity index (χ0v) is 10.6. The van der Waals surface area contributed by atoms with Gasteiger partial charge in [-0.1, -0.05) is 42.5 Å². The Kier molecular flexibility index (Phi) is 3.64. The predicted octanol–water partition coefficient (Wildman–Crippen LogP) is 3.66. The van der Waals surface area contributed by atoms with E-state index in [4.69, 9.17) is 4.74 Å². The van der Waals surface area contributed by atoms with Gasteiger partial charge in [0.15, 0.2) is 0 Å². The van der Waals surface area contributed by atoms with Crippen molar-refractivity contribution in [3.8, 4) is 11.8 Å². The fourth-order valence-corrected chi connectivity index (χ4v) is 2.12. The SMILES string of the molecule is COc1ccccc1C(C#N)c1ccccc1C. The number of ether oxygens (including phenoxy) is 1. The van der Waals surface area contributed by atoms with Gasteiger partial charge in [0, 0.05) is 5.56 Å². The van der Waals surface area contributed by atoms with Gasteiger partial charge in [0.1, 0.15) is 11.7 Å². The molecule has 2 nitrogen and oxygen atoms in total. The number of hydrogen-bond acceptors (Lipinski definition) is 2. The molecule has 0 amide bonds. The Balaban J connectivity index is 2.54. The molecule has 2 rings (SSSR count). The van der Waals surface area contributed by atoms with Crippen LogP contribution in [0, 0.1) is 18.3 Å². The van der Waals surface area contributed by atoms with Crippen molar-refractivity contribution >= 4 is 0 Å². The highest BCUT2D eigenvalue weighted by Gasteiger charge is 2.18. The molecule has 0 saturated carbocycles. The van der Waals surface area contributed by atoms with E-state index in [0.29, 0.717) is 0 Å². The molecule has 0 bridgehead atoms. The quantitative estimate of drug-likeness (QED) is 0.816. The normalized spacial score (nSPS) is 11.6. The van der Waals surface area contributed by atoms with Crippen LogP contribution in [-0.4, -0.2) is 7.11 Å². The predicted molar refractivity (Wildman–Crippen MR) is 71.6 cm³/mol. The number of para-hydroxylation sites is 1. The fraction of sp³-hybridized carbons (Fsp3) is 0.188. The van der Waals surface area contributed by atoms with Crippen molar-refractivity contribution < 1.29 is 4.74 Å². The van der Waals surface area contributed by atoms with Gasteiger partial charge in [0.2, 0.25) is 0 Å². The topological polar surface area (TPSA) is 33.0 Å². The monoisotopic (exact) mass is 237 g/mol. The smallest absolute Gasteiger partial charge is 0.123 e. The molecule has 0 aliphatic carbocycles. The molecule has 1 unspecified atom stereocenters. The molecule has 18 heavy (non-hydrogen) atoms. The Morgan fingerprint density at radius 3 is 2.22 bits per heavy atom. The van der Waals surface area contributed by atoms with Gasteiger partial charge in [0.25, 0.3) is 0 Å². The van der Waals surface area contributed by atoms with Crippen molar-refractivity contribution in [3.63, 3.8) is 0 Å². The van der Waals surface area contributed by atoms with Crippen LogP contribution >= 0.6 is 0 Å². The van der Waals surface area contributed by atoms with Crippen molar-refractivity contribution in [2.45, 2.75) is 12.8 Å². The molecule has 0 aliphatic heterocycles. The average Bonchev–Trinajstić information content (AvgIpc) is 2.42. The lowest BCUT2D eigenvalue weighted by molar-refractivity contribution is 0.409. The van der Waals surface area contributed by atoms with Gasteiger partial charge in [-0.25, -0.2) is 0 Å². The highest BCUT2D eigenvalue weighted by molar-refractivity contribution is 5.47. The van der Waals surface area contributed by atoms with Crippen molar-refractivity contribution in [3.05, 3.63) is 65.2 Å². The van der Waals surface area contributed by atoms with Crippen LogP contribution in [-0.2, 0) is 0 Å². The summed E-state index contributed by atoms with van der Waals surface area (Å²) in [4.78, 5) is 0. The summed E-state index contributed by atoms with van der Waals surface area (Å²) in [5.74, 6) is 0.467. The molecule has 0 radical (unpaired) electrons. The molecular formula is C16H15NO. The van der Waals surface area contributed by atoms with E-state index in [2.05, 4.69) is 6.07 Å². The fourth-order valence-electron chi connectivity index (χ4n) is 2.12. The first kappa shape index (κ1) is 12.2. The molecule has 0 saturated heterocycles. The van der Waals surface area contributed by atoms with E-state index in [-0.39, 0.29) is 5.92 Å². The van der Waals surface area contributed by atoms with Crippen LogP contribution in [0.2, 0.25) is 0 Å². The molecular weight excluding hydrogens is 222 g/mol. The maximum Gasteiger partial charge on any atom is 0.123 e. The third-order valence-corrected chi connectivity index (χ3v) is 3.08. The van der Waals surface area contributed by atoms with Crippen LogP contribution in [0.5, 0.6) is 5.75 Å². The lowest BCUT2D eigenvalue weighted by Crippen LogP contribution is -2.02. The summed E-state index contributed by atoms with van der Waals surface area (Å²) in [6.45, 7) is 2.02. The minimum Gasteiger partial charge on any atom is -0.496 e. The van der Waals surface area contributed by atoms with Gasteiger partial charge >= 0.3 is 0 Å². The third-order valence-electron chi connectivity index (χ3n) is 3.08. The van der Waals surface area contributed by atoms with Gasteiger partial charge in [-0.05, 0) is 24.1 Å². The summed E-state index contributed by atoms with van der Waals surface area (Å²) in [5, 5.41) is 9.47. The molecule has 2 heteroatoms. The largest absolute Gasteiger partial charge is 0.496 e. The molecule has 0 heterocycles. The number of aryl methyl sites for hydroxylation is 1. The first-order chi connectivity index (χ1) is 8.77. The molecule has 0 aromatic heterocycles. The summed E-state index contributed by atoms with van der Waals surface area (Å²) in [6.07, 6.45) is 0. The van der Waals surface area contributed by atoms with Crippen LogP contribution in [0.15, 0.2) is 48.5 Å². The second kappa shape index (κ2) is 5.37. The lowest BCUT2D eigenvalue weighted by Gasteiger charge is -2.15. The molecule has 2 aromatic rings. The number of methoxy groups -OCH3 is 1. The van der Waals surface area contributed by atoms with Crippen molar-refractivity contribution in [1.82, 2.24) is 0 Å². The zero-order valence-electron chi connectivity index (χ0n) is 10.6. The number of hydrogen-bond donors (Lipinski definition) is 0. The number of nitrogens with zero attached hydrogens (tertiary/aromatic N) is 1. The minimum absolute atomic E-state index is 0.289. The Morgan fingerprint density at radius 1 is 1.00 bits per heavy atom. The van der Waals surface area contributed by atoms with Crippen molar-refractivity contribution in [1.29, 1.82) is 5.26 Å². The third kappa shape index (κ3) is 2.21. The Morgan fingerprint density at radius 2 is 1.61 bits per heavy atom. The van der Waals surface area contributed by atoms with E-state index in [1.54, 1.807) is 7.11 Å². The summed E-state index contributed by atoms with van der Waals surface area (Å²) < 4.78 is 5.34. The maximum absolute atomic E-state index is 9.47. The molecule has 0 spiro atoms. The molecule has 2 aromatic carbocycles. The van der Waals surface area contributed by atoms with Crippen LogP contribution < -0.4 is 4.74 Å². The Bertz CT molecular complexity index is 584. The van der Waals surface area contributed by atoms with E-state index < -0.39 is 0 Å². The van der Waals surface area contributed by atoms with E-state index in [0.717, 1.165) is 22.4 Å². The number of nitriles is 1. The van der Waals surface area contributed by atoms with Gasteiger partial charge in [-0.3, -0.25) is 0 Å². The van der Waals surface area contributed by atoms with Crippen LogP contribution in [0.3, 0.4) is 0 Å². The zero-order chi connectivity index (χ0) is 13.0. The van der Waals surface area contributed by atoms with E-state index >= 15 is 0 Å². The molecule has 90 valence electrons. The molecule has 0 fully saturated rings. The van der Waals surface area contributed by atoms with Crippen LogP contribution in [0.25, 0.3) is 0 Å². The maximum atomic E-state index is 9.47. The standard InChI is InChI=1S/C16H15NO/c1-12-7-3-4-8-13(12)15(11-17)14-9-5-6-10-16(14)18-2/h3-10,15H,1-2H3. The van der Waals surface area contributed by atoms with E-state index in [1.807, 2.05) is 55.5 Å². The number of benzene rings is 2. The van der Waals surface area contributed by atoms with E-state index in [9.17, 15) is 5.26 Å². The average molecular weight is 237 g/mol. The first-order valence-corrected chi connectivity index (χ1v) is 5.86. The summed E-state index contributed by atoms with van der Waals surface area (Å²) >= 11 is 0. The van der Waals surface area contributed by atoms with Crippen LogP contribution in [0.4, 0.5) is 0 Å². The Hall–Kier alpha value is -2.27. The Labute approximate surface area is 107 Å². The van der Waals surface area contributed by atoms with Gasteiger partial charge < -0.3 is 4.74 Å². The minimum atomic E-state index is -0.289. The van der Waals surface area contributed by atoms with Crippen molar-refractivity contribution in [2.24, 2.45) is 0 Å². The summed E-state index contributed by atoms with van der Waals surface area (Å²) in [7, 11) is 1.63. The summed E-state index contributed by atoms with van der Waals surface area (Å²) in [6, 6.07) is 18.0. The van der Waals surface area contributed by atoms with Gasteiger partial charge in [-0.2, -0.15) is 5.26 Å². The van der Waals surface area contributed by atoms with Gasteiger partial charge in [0.05, 0.1) is 13.2 Å². The number of rotatable bonds is 3. The van der Waals surface area contributed by atoms with Crippen LogP contribution in [0.1, 0.15) is 22.6 Å². The molecule has 1 atom stereocenters. The lowest BCUT2D eigenvalue weighted by atomic mass is 9.89.